The lowest BCUT2D eigenvalue weighted by Crippen LogP contribution is -2.38. The summed E-state index contributed by atoms with van der Waals surface area (Å²) >= 11 is 0. The Hall–Kier alpha value is -1.88. The second-order valence-electron chi connectivity index (χ2n) is 4.45. The fourth-order valence-electron chi connectivity index (χ4n) is 1.89. The van der Waals surface area contributed by atoms with Gasteiger partial charge in [-0.05, 0) is 19.5 Å². The van der Waals surface area contributed by atoms with Gasteiger partial charge in [-0.2, -0.15) is 0 Å². The molecule has 1 aromatic rings. The second kappa shape index (κ2) is 7.53. The number of aliphatic carboxylic acids is 1. The lowest BCUT2D eigenvalue weighted by molar-refractivity contribution is -0.139. The van der Waals surface area contributed by atoms with Crippen molar-refractivity contribution in [3.8, 4) is 0 Å². The Balaban J connectivity index is 2.65. The number of carbonyl (C=O) groups is 2. The number of carboxylic acid groups (broad SMARTS) is 1. The first kappa shape index (κ1) is 15.2. The van der Waals surface area contributed by atoms with Gasteiger partial charge in [-0.15, -0.1) is 0 Å². The lowest BCUT2D eigenvalue weighted by atomic mass is 9.99. The molecule has 2 N–H and O–H groups in total. The Morgan fingerprint density at radius 1 is 1.32 bits per heavy atom. The van der Waals surface area contributed by atoms with Crippen LogP contribution >= 0.6 is 0 Å². The number of rotatable bonds is 7. The van der Waals surface area contributed by atoms with Crippen molar-refractivity contribution in [3.05, 3.63) is 35.9 Å². The van der Waals surface area contributed by atoms with Gasteiger partial charge in [0, 0.05) is 13.1 Å². The fraction of sp³-hybridized carbons (Fsp3) is 0.429. The lowest BCUT2D eigenvalue weighted by Gasteiger charge is -2.21. The Morgan fingerprint density at radius 3 is 2.47 bits per heavy atom. The molecule has 5 nitrogen and oxygen atoms in total. The topological polar surface area (TPSA) is 69.6 Å². The van der Waals surface area contributed by atoms with E-state index in [0.29, 0.717) is 13.1 Å². The number of hydrogen-bond acceptors (Lipinski definition) is 3. The van der Waals surface area contributed by atoms with Gasteiger partial charge in [0.15, 0.2) is 0 Å². The van der Waals surface area contributed by atoms with E-state index in [9.17, 15) is 14.7 Å². The Morgan fingerprint density at radius 2 is 1.95 bits per heavy atom. The number of hydrogen-bond donors (Lipinski definition) is 2. The van der Waals surface area contributed by atoms with Crippen LogP contribution in [0.1, 0.15) is 18.4 Å². The number of nitrogens with zero attached hydrogens (tertiary/aromatic N) is 1. The summed E-state index contributed by atoms with van der Waals surface area (Å²) in [5.74, 6) is -1.60. The molecule has 0 bridgehead atoms. The van der Waals surface area contributed by atoms with E-state index in [2.05, 4.69) is 5.32 Å². The average Bonchev–Trinajstić information content (AvgIpc) is 2.37. The second-order valence-corrected chi connectivity index (χ2v) is 4.45. The summed E-state index contributed by atoms with van der Waals surface area (Å²) in [7, 11) is 1.74. The van der Waals surface area contributed by atoms with Crippen LogP contribution in [0, 0.1) is 0 Å². The first-order chi connectivity index (χ1) is 9.04. The van der Waals surface area contributed by atoms with Gasteiger partial charge >= 0.3 is 5.97 Å². The highest BCUT2D eigenvalue weighted by Crippen LogP contribution is 2.16. The third-order valence-electron chi connectivity index (χ3n) is 2.78. The maximum Gasteiger partial charge on any atom is 0.312 e. The van der Waals surface area contributed by atoms with Gasteiger partial charge in [-0.25, -0.2) is 0 Å². The van der Waals surface area contributed by atoms with E-state index in [1.54, 1.807) is 24.1 Å². The highest BCUT2D eigenvalue weighted by Gasteiger charge is 2.22. The van der Waals surface area contributed by atoms with E-state index in [-0.39, 0.29) is 12.5 Å². The quantitative estimate of drug-likeness (QED) is 0.768. The molecule has 0 aromatic heterocycles. The van der Waals surface area contributed by atoms with E-state index in [1.165, 1.54) is 0 Å². The third-order valence-corrected chi connectivity index (χ3v) is 2.78. The molecule has 0 spiro atoms. The SMILES string of the molecule is CCNC(=O)CN(C)CC(C(=O)O)c1ccccc1. The number of carboxylic acids is 1. The molecule has 0 aliphatic carbocycles. The molecule has 104 valence electrons. The molecule has 0 fully saturated rings. The summed E-state index contributed by atoms with van der Waals surface area (Å²) in [6.07, 6.45) is 0. The minimum absolute atomic E-state index is 0.0952. The molecule has 5 heteroatoms. The van der Waals surface area contributed by atoms with E-state index >= 15 is 0 Å². The molecule has 1 aromatic carbocycles. The summed E-state index contributed by atoms with van der Waals surface area (Å²) < 4.78 is 0. The van der Waals surface area contributed by atoms with Gasteiger partial charge in [-0.1, -0.05) is 30.3 Å². The summed E-state index contributed by atoms with van der Waals surface area (Å²) in [5.41, 5.74) is 0.748. The third kappa shape index (κ3) is 5.09. The van der Waals surface area contributed by atoms with Gasteiger partial charge < -0.3 is 10.4 Å². The van der Waals surface area contributed by atoms with E-state index in [0.717, 1.165) is 5.56 Å². The van der Waals surface area contributed by atoms with Crippen molar-refractivity contribution in [2.75, 3.05) is 26.7 Å². The number of carbonyl (C=O) groups excluding carboxylic acids is 1. The van der Waals surface area contributed by atoms with Gasteiger partial charge in [-0.3, -0.25) is 14.5 Å². The van der Waals surface area contributed by atoms with Crippen LogP contribution in [0.4, 0.5) is 0 Å². The van der Waals surface area contributed by atoms with Crippen LogP contribution in [0.15, 0.2) is 30.3 Å². The van der Waals surface area contributed by atoms with Gasteiger partial charge in [0.1, 0.15) is 0 Å². The van der Waals surface area contributed by atoms with Crippen molar-refractivity contribution in [2.24, 2.45) is 0 Å². The maximum absolute atomic E-state index is 11.4. The van der Waals surface area contributed by atoms with Crippen LogP contribution in [0.3, 0.4) is 0 Å². The van der Waals surface area contributed by atoms with Gasteiger partial charge in [0.05, 0.1) is 12.5 Å². The van der Waals surface area contributed by atoms with Crippen LogP contribution in [0.2, 0.25) is 0 Å². The standard InChI is InChI=1S/C14H20N2O3/c1-3-15-13(17)10-16(2)9-12(14(18)19)11-7-5-4-6-8-11/h4-8,12H,3,9-10H2,1-2H3,(H,15,17)(H,18,19). The Labute approximate surface area is 113 Å². The molecule has 0 aliphatic rings. The molecule has 1 unspecified atom stereocenters. The van der Waals surface area contributed by atoms with Gasteiger partial charge in [0.25, 0.3) is 0 Å². The van der Waals surface area contributed by atoms with Gasteiger partial charge in [0.2, 0.25) is 5.91 Å². The minimum Gasteiger partial charge on any atom is -0.481 e. The molecule has 1 rings (SSSR count). The normalized spacial score (nSPS) is 12.2. The van der Waals surface area contributed by atoms with Crippen LogP contribution in [-0.2, 0) is 9.59 Å². The van der Waals surface area contributed by atoms with Crippen molar-refractivity contribution < 1.29 is 14.7 Å². The molecular weight excluding hydrogens is 244 g/mol. The summed E-state index contributed by atoms with van der Waals surface area (Å²) in [4.78, 5) is 24.5. The first-order valence-corrected chi connectivity index (χ1v) is 6.27. The Kier molecular flexibility index (Phi) is 6.02. The highest BCUT2D eigenvalue weighted by atomic mass is 16.4. The zero-order valence-electron chi connectivity index (χ0n) is 11.3. The summed E-state index contributed by atoms with van der Waals surface area (Å²) in [6.45, 7) is 2.93. The van der Waals surface area contributed by atoms with E-state index in [1.807, 2.05) is 25.1 Å². The first-order valence-electron chi connectivity index (χ1n) is 6.27. The van der Waals surface area contributed by atoms with E-state index < -0.39 is 11.9 Å². The smallest absolute Gasteiger partial charge is 0.312 e. The largest absolute Gasteiger partial charge is 0.481 e. The molecule has 0 saturated heterocycles. The van der Waals surface area contributed by atoms with Crippen molar-refractivity contribution in [2.45, 2.75) is 12.8 Å². The zero-order chi connectivity index (χ0) is 14.3. The number of benzene rings is 1. The molecule has 0 saturated carbocycles. The van der Waals surface area contributed by atoms with Crippen molar-refractivity contribution in [1.82, 2.24) is 10.2 Å². The van der Waals surface area contributed by atoms with Crippen molar-refractivity contribution in [3.63, 3.8) is 0 Å². The number of amides is 1. The van der Waals surface area contributed by atoms with Crippen molar-refractivity contribution >= 4 is 11.9 Å². The summed E-state index contributed by atoms with van der Waals surface area (Å²) in [6, 6.07) is 9.06. The predicted molar refractivity (Wildman–Crippen MR) is 73.0 cm³/mol. The van der Waals surface area contributed by atoms with Crippen LogP contribution < -0.4 is 5.32 Å². The molecule has 1 atom stereocenters. The van der Waals surface area contributed by atoms with Crippen molar-refractivity contribution in [1.29, 1.82) is 0 Å². The zero-order valence-corrected chi connectivity index (χ0v) is 11.3. The minimum atomic E-state index is -0.881. The molecular formula is C14H20N2O3. The maximum atomic E-state index is 11.4. The monoisotopic (exact) mass is 264 g/mol. The fourth-order valence-corrected chi connectivity index (χ4v) is 1.89. The highest BCUT2D eigenvalue weighted by molar-refractivity contribution is 5.78. The molecule has 0 radical (unpaired) electrons. The molecule has 0 aliphatic heterocycles. The number of likely N-dealkylation sites (N-methyl/N-ethyl adjacent to an activating group) is 2. The van der Waals surface area contributed by atoms with Crippen LogP contribution in [0.25, 0.3) is 0 Å². The number of nitrogens with one attached hydrogen (secondary N) is 1. The van der Waals surface area contributed by atoms with E-state index in [4.69, 9.17) is 0 Å². The molecule has 0 heterocycles. The molecule has 1 amide bonds. The Bertz CT molecular complexity index is 420. The molecule has 19 heavy (non-hydrogen) atoms. The summed E-state index contributed by atoms with van der Waals surface area (Å²) in [5, 5.41) is 12.0. The van der Waals surface area contributed by atoms with Crippen LogP contribution in [-0.4, -0.2) is 48.6 Å². The average molecular weight is 264 g/mol. The van der Waals surface area contributed by atoms with Crippen LogP contribution in [0.5, 0.6) is 0 Å². The predicted octanol–water partition coefficient (Wildman–Crippen LogP) is 0.923.